The number of benzene rings is 1. The first-order valence-corrected chi connectivity index (χ1v) is 9.21. The van der Waals surface area contributed by atoms with E-state index in [0.717, 1.165) is 6.07 Å². The van der Waals surface area contributed by atoms with Crippen LogP contribution in [0, 0.1) is 12.7 Å². The number of rotatable bonds is 2. The molecule has 0 spiro atoms. The maximum atomic E-state index is 13.4. The molecule has 1 saturated heterocycles. The Kier molecular flexibility index (Phi) is 4.76. The summed E-state index contributed by atoms with van der Waals surface area (Å²) >= 11 is 0. The van der Waals surface area contributed by atoms with Gasteiger partial charge in [-0.25, -0.2) is 4.39 Å². The number of carbonyl (C=O) groups is 1. The zero-order valence-electron chi connectivity index (χ0n) is 15.6. The van der Waals surface area contributed by atoms with Crippen molar-refractivity contribution in [3.05, 3.63) is 59.3 Å². The molecule has 1 fully saturated rings. The summed E-state index contributed by atoms with van der Waals surface area (Å²) in [7, 11) is 0. The molecule has 3 heterocycles. The van der Waals surface area contributed by atoms with Gasteiger partial charge in [-0.2, -0.15) is 18.3 Å². The van der Waals surface area contributed by atoms with E-state index in [1.807, 2.05) is 0 Å². The highest BCUT2D eigenvalue weighted by Crippen LogP contribution is 2.30. The number of nitrogens with zero attached hydrogens (tertiary/aromatic N) is 4. The largest absolute Gasteiger partial charge is 0.435 e. The topological polar surface area (TPSA) is 51.0 Å². The number of alkyl halides is 3. The molecule has 1 aliphatic heterocycles. The Morgan fingerprint density at radius 1 is 1.14 bits per heavy atom. The van der Waals surface area contributed by atoms with Gasteiger partial charge in [0.15, 0.2) is 5.69 Å². The van der Waals surface area contributed by atoms with Gasteiger partial charge in [-0.3, -0.25) is 14.5 Å². The summed E-state index contributed by atoms with van der Waals surface area (Å²) in [6, 6.07) is 6.70. The van der Waals surface area contributed by atoms with E-state index in [0.29, 0.717) is 48.1 Å². The van der Waals surface area contributed by atoms with E-state index in [1.54, 1.807) is 24.0 Å². The van der Waals surface area contributed by atoms with E-state index in [-0.39, 0.29) is 11.9 Å². The van der Waals surface area contributed by atoms with Crippen LogP contribution in [0.4, 0.5) is 17.6 Å². The Morgan fingerprint density at radius 2 is 1.86 bits per heavy atom. The third kappa shape index (κ3) is 3.81. The molecule has 1 amide bonds. The number of likely N-dealkylation sites (tertiary alicyclic amines) is 1. The minimum atomic E-state index is -4.47. The van der Waals surface area contributed by atoms with Crippen LogP contribution in [-0.2, 0) is 6.18 Å². The van der Waals surface area contributed by atoms with Crippen molar-refractivity contribution in [3.8, 4) is 0 Å². The van der Waals surface area contributed by atoms with Crippen molar-refractivity contribution in [2.24, 2.45) is 0 Å². The second-order valence-electron chi connectivity index (χ2n) is 7.16. The van der Waals surface area contributed by atoms with E-state index in [1.165, 1.54) is 23.0 Å². The molecule has 0 aliphatic carbocycles. The third-order valence-electron chi connectivity index (χ3n) is 5.23. The molecule has 4 rings (SSSR count). The predicted molar refractivity (Wildman–Crippen MR) is 97.8 cm³/mol. The maximum absolute atomic E-state index is 13.4. The summed E-state index contributed by atoms with van der Waals surface area (Å²) in [6.07, 6.45) is -2.11. The smallest absolute Gasteiger partial charge is 0.338 e. The highest BCUT2D eigenvalue weighted by atomic mass is 19.4. The molecule has 3 aromatic rings. The van der Waals surface area contributed by atoms with Crippen LogP contribution >= 0.6 is 0 Å². The first-order valence-electron chi connectivity index (χ1n) is 9.21. The average molecular weight is 406 g/mol. The molecule has 5 nitrogen and oxygen atoms in total. The van der Waals surface area contributed by atoms with Gasteiger partial charge in [-0.15, -0.1) is 0 Å². The zero-order chi connectivity index (χ0) is 20.8. The molecule has 2 aromatic heterocycles. The van der Waals surface area contributed by atoms with Crippen LogP contribution in [0.25, 0.3) is 10.9 Å². The fraction of sp³-hybridized carbons (Fsp3) is 0.350. The van der Waals surface area contributed by atoms with Gasteiger partial charge in [0.25, 0.3) is 5.91 Å². The number of fused-ring (bicyclic) bond motifs is 1. The molecule has 152 valence electrons. The van der Waals surface area contributed by atoms with Gasteiger partial charge in [0.1, 0.15) is 5.82 Å². The Labute approximate surface area is 163 Å². The van der Waals surface area contributed by atoms with Crippen LogP contribution in [0.15, 0.2) is 36.5 Å². The van der Waals surface area contributed by atoms with E-state index < -0.39 is 17.7 Å². The van der Waals surface area contributed by atoms with Gasteiger partial charge >= 0.3 is 6.18 Å². The van der Waals surface area contributed by atoms with Crippen molar-refractivity contribution < 1.29 is 22.4 Å². The van der Waals surface area contributed by atoms with E-state index >= 15 is 0 Å². The van der Waals surface area contributed by atoms with Crippen LogP contribution in [0.2, 0.25) is 0 Å². The summed E-state index contributed by atoms with van der Waals surface area (Å²) in [6.45, 7) is 2.52. The van der Waals surface area contributed by atoms with Crippen molar-refractivity contribution in [3.63, 3.8) is 0 Å². The van der Waals surface area contributed by atoms with Crippen LogP contribution < -0.4 is 0 Å². The lowest BCUT2D eigenvalue weighted by Crippen LogP contribution is -2.39. The van der Waals surface area contributed by atoms with Gasteiger partial charge in [-0.1, -0.05) is 0 Å². The SMILES string of the molecule is Cc1nc2cc(F)ccc2cc1C(=O)N1CCC(n2ccc(C(F)(F)F)n2)CC1. The van der Waals surface area contributed by atoms with Gasteiger partial charge in [0, 0.05) is 30.7 Å². The number of carbonyl (C=O) groups excluding carboxylic acids is 1. The van der Waals surface area contributed by atoms with E-state index in [2.05, 4.69) is 10.1 Å². The Morgan fingerprint density at radius 3 is 2.52 bits per heavy atom. The highest BCUT2D eigenvalue weighted by Gasteiger charge is 2.34. The molecule has 1 aromatic carbocycles. The second kappa shape index (κ2) is 7.13. The molecule has 0 bridgehead atoms. The normalized spacial score (nSPS) is 15.8. The molecule has 9 heteroatoms. The fourth-order valence-corrected chi connectivity index (χ4v) is 3.65. The van der Waals surface area contributed by atoms with Crippen LogP contribution in [0.1, 0.15) is 40.6 Å². The predicted octanol–water partition coefficient (Wildman–Crippen LogP) is 4.37. The van der Waals surface area contributed by atoms with E-state index in [4.69, 9.17) is 0 Å². The highest BCUT2D eigenvalue weighted by molar-refractivity contribution is 5.98. The summed E-state index contributed by atoms with van der Waals surface area (Å²) in [5.74, 6) is -0.575. The minimum Gasteiger partial charge on any atom is -0.338 e. The number of halogens is 4. The number of amides is 1. The van der Waals surface area contributed by atoms with Gasteiger partial charge in [0.05, 0.1) is 22.8 Å². The monoisotopic (exact) mass is 406 g/mol. The quantitative estimate of drug-likeness (QED) is 0.594. The summed E-state index contributed by atoms with van der Waals surface area (Å²) in [5, 5.41) is 4.31. The Hall–Kier alpha value is -2.97. The first kappa shape index (κ1) is 19.4. The molecule has 0 atom stereocenters. The lowest BCUT2D eigenvalue weighted by Gasteiger charge is -2.32. The molecular formula is C20H18F4N4O. The molecular weight excluding hydrogens is 388 g/mol. The lowest BCUT2D eigenvalue weighted by atomic mass is 10.0. The number of aromatic nitrogens is 3. The number of piperidine rings is 1. The number of hydrogen-bond donors (Lipinski definition) is 0. The molecule has 0 N–H and O–H groups in total. The molecule has 0 unspecified atom stereocenters. The number of hydrogen-bond acceptors (Lipinski definition) is 3. The lowest BCUT2D eigenvalue weighted by molar-refractivity contribution is -0.141. The van der Waals surface area contributed by atoms with Crippen LogP contribution in [-0.4, -0.2) is 38.7 Å². The van der Waals surface area contributed by atoms with Crippen molar-refractivity contribution in [2.75, 3.05) is 13.1 Å². The van der Waals surface area contributed by atoms with Gasteiger partial charge in [0.2, 0.25) is 0 Å². The first-order chi connectivity index (χ1) is 13.7. The summed E-state index contributed by atoms with van der Waals surface area (Å²) in [5.41, 5.74) is 0.528. The molecule has 1 aliphatic rings. The maximum Gasteiger partial charge on any atom is 0.435 e. The van der Waals surface area contributed by atoms with Gasteiger partial charge < -0.3 is 4.90 Å². The average Bonchev–Trinajstić information content (AvgIpc) is 3.18. The standard InChI is InChI=1S/C20H18F4N4O/c1-12-16(10-13-2-3-14(21)11-17(13)25-12)19(29)27-7-4-15(5-8-27)28-9-6-18(26-28)20(22,23)24/h2-3,6,9-11,15H,4-5,7-8H2,1H3. The van der Waals surface area contributed by atoms with Crippen molar-refractivity contribution in [1.29, 1.82) is 0 Å². The summed E-state index contributed by atoms with van der Waals surface area (Å²) < 4.78 is 52.9. The zero-order valence-corrected chi connectivity index (χ0v) is 15.6. The van der Waals surface area contributed by atoms with Crippen molar-refractivity contribution >= 4 is 16.8 Å². The second-order valence-corrected chi connectivity index (χ2v) is 7.16. The molecule has 29 heavy (non-hydrogen) atoms. The Bertz CT molecular complexity index is 1070. The summed E-state index contributed by atoms with van der Waals surface area (Å²) in [4.78, 5) is 19.0. The molecule has 0 radical (unpaired) electrons. The van der Waals surface area contributed by atoms with Crippen molar-refractivity contribution in [2.45, 2.75) is 32.0 Å². The van der Waals surface area contributed by atoms with Crippen LogP contribution in [0.5, 0.6) is 0 Å². The number of aryl methyl sites for hydroxylation is 1. The van der Waals surface area contributed by atoms with Gasteiger partial charge in [-0.05, 0) is 44.0 Å². The number of pyridine rings is 1. The van der Waals surface area contributed by atoms with E-state index in [9.17, 15) is 22.4 Å². The minimum absolute atomic E-state index is 0.184. The molecule has 0 saturated carbocycles. The third-order valence-corrected chi connectivity index (χ3v) is 5.23. The fourth-order valence-electron chi connectivity index (χ4n) is 3.65. The Balaban J connectivity index is 1.48. The van der Waals surface area contributed by atoms with Crippen LogP contribution in [0.3, 0.4) is 0 Å². The van der Waals surface area contributed by atoms with Crippen molar-refractivity contribution in [1.82, 2.24) is 19.7 Å².